The monoisotopic (exact) mass is 448 g/mol. The minimum atomic E-state index is -0.509. The number of phenols is 1. The van der Waals surface area contributed by atoms with Crippen LogP contribution in [0.25, 0.3) is 6.08 Å². The fraction of sp³-hybridized carbons (Fsp3) is 0.286. The Kier molecular flexibility index (Phi) is 9.67. The van der Waals surface area contributed by atoms with E-state index in [0.717, 1.165) is 18.4 Å². The van der Waals surface area contributed by atoms with Crippen LogP contribution in [-0.2, 0) is 11.2 Å². The molecule has 0 aliphatic rings. The zero-order valence-corrected chi connectivity index (χ0v) is 20.0. The average Bonchev–Trinajstić information content (AvgIpc) is 2.76. The maximum absolute atomic E-state index is 13.0. The molecule has 0 heterocycles. The SMILES string of the molecule is COc1ccc(C(=O)/C=C/c2ccc(O)cc2)c(OC(C)=O)c1C/C=C(\C)CCC=C(C)C. The van der Waals surface area contributed by atoms with Crippen LogP contribution in [0, 0.1) is 0 Å². The molecule has 33 heavy (non-hydrogen) atoms. The van der Waals surface area contributed by atoms with Crippen molar-refractivity contribution in [1.82, 2.24) is 0 Å². The number of esters is 1. The van der Waals surface area contributed by atoms with Crippen LogP contribution in [0.15, 0.2) is 65.8 Å². The lowest BCUT2D eigenvalue weighted by Crippen LogP contribution is -2.10. The smallest absolute Gasteiger partial charge is 0.308 e. The fourth-order valence-corrected chi connectivity index (χ4v) is 3.26. The van der Waals surface area contributed by atoms with Gasteiger partial charge in [0.05, 0.1) is 12.7 Å². The quantitative estimate of drug-likeness (QED) is 0.148. The van der Waals surface area contributed by atoms with Gasteiger partial charge < -0.3 is 14.6 Å². The van der Waals surface area contributed by atoms with E-state index in [1.165, 1.54) is 24.1 Å². The van der Waals surface area contributed by atoms with Crippen LogP contribution in [-0.4, -0.2) is 24.0 Å². The van der Waals surface area contributed by atoms with E-state index in [0.29, 0.717) is 17.7 Å². The summed E-state index contributed by atoms with van der Waals surface area (Å²) in [5, 5.41) is 9.41. The number of carbonyl (C=O) groups excluding carboxylic acids is 2. The van der Waals surface area contributed by atoms with Crippen LogP contribution >= 0.6 is 0 Å². The van der Waals surface area contributed by atoms with Gasteiger partial charge in [0.25, 0.3) is 0 Å². The van der Waals surface area contributed by atoms with E-state index in [2.05, 4.69) is 32.9 Å². The predicted octanol–water partition coefficient (Wildman–Crippen LogP) is 6.46. The van der Waals surface area contributed by atoms with Crippen molar-refractivity contribution in [3.05, 3.63) is 82.5 Å². The van der Waals surface area contributed by atoms with E-state index >= 15 is 0 Å². The van der Waals surface area contributed by atoms with Gasteiger partial charge in [-0.15, -0.1) is 0 Å². The van der Waals surface area contributed by atoms with E-state index in [-0.39, 0.29) is 22.8 Å². The summed E-state index contributed by atoms with van der Waals surface area (Å²) in [6.07, 6.45) is 9.69. The number of phenolic OH excluding ortho intramolecular Hbond substituents is 1. The third kappa shape index (κ3) is 8.11. The highest BCUT2D eigenvalue weighted by atomic mass is 16.5. The minimum absolute atomic E-state index is 0.152. The Morgan fingerprint density at radius 2 is 1.67 bits per heavy atom. The van der Waals surface area contributed by atoms with Crippen LogP contribution in [0.5, 0.6) is 17.2 Å². The van der Waals surface area contributed by atoms with Crippen LogP contribution in [0.1, 0.15) is 62.0 Å². The minimum Gasteiger partial charge on any atom is -0.508 e. The first-order valence-corrected chi connectivity index (χ1v) is 10.9. The number of ether oxygens (including phenoxy) is 2. The first kappa shape index (κ1) is 25.7. The normalized spacial score (nSPS) is 11.4. The van der Waals surface area contributed by atoms with Crippen molar-refractivity contribution in [2.45, 2.75) is 47.0 Å². The summed E-state index contributed by atoms with van der Waals surface area (Å²) < 4.78 is 11.0. The standard InChI is InChI=1S/C28H32O5/c1-19(2)7-6-8-20(3)9-15-25-27(32-5)18-16-24(28(25)33-21(4)29)26(31)17-12-22-10-13-23(30)14-11-22/h7,9-14,16-18,30H,6,8,15H2,1-5H3/b17-12+,20-9+. The lowest BCUT2D eigenvalue weighted by atomic mass is 9.99. The van der Waals surface area contributed by atoms with Crippen LogP contribution in [0.4, 0.5) is 0 Å². The van der Waals surface area contributed by atoms with Crippen LogP contribution < -0.4 is 9.47 Å². The Hall–Kier alpha value is -3.60. The molecule has 0 radical (unpaired) electrons. The largest absolute Gasteiger partial charge is 0.508 e. The second-order valence-corrected chi connectivity index (χ2v) is 8.08. The summed E-state index contributed by atoms with van der Waals surface area (Å²) >= 11 is 0. The number of benzene rings is 2. The van der Waals surface area contributed by atoms with Crippen molar-refractivity contribution in [2.75, 3.05) is 7.11 Å². The maximum Gasteiger partial charge on any atom is 0.308 e. The van der Waals surface area contributed by atoms with E-state index in [9.17, 15) is 14.7 Å². The third-order valence-electron chi connectivity index (χ3n) is 5.01. The van der Waals surface area contributed by atoms with E-state index in [4.69, 9.17) is 9.47 Å². The van der Waals surface area contributed by atoms with Crippen molar-refractivity contribution < 1.29 is 24.2 Å². The molecule has 0 spiro atoms. The van der Waals surface area contributed by atoms with E-state index in [1.807, 2.05) is 0 Å². The predicted molar refractivity (Wildman–Crippen MR) is 132 cm³/mol. The molecule has 2 rings (SSSR count). The molecule has 174 valence electrons. The molecule has 5 heteroatoms. The van der Waals surface area contributed by atoms with Crippen LogP contribution in [0.3, 0.4) is 0 Å². The molecule has 0 bridgehead atoms. The molecule has 0 unspecified atom stereocenters. The Labute approximate surface area is 196 Å². The summed E-state index contributed by atoms with van der Waals surface area (Å²) in [5.74, 6) is 0.117. The molecule has 0 aliphatic heterocycles. The van der Waals surface area contributed by atoms with Crippen molar-refractivity contribution >= 4 is 17.8 Å². The van der Waals surface area contributed by atoms with E-state index in [1.54, 1.807) is 49.6 Å². The first-order chi connectivity index (χ1) is 15.7. The van der Waals surface area contributed by atoms with Gasteiger partial charge in [-0.05, 0) is 75.9 Å². The fourth-order valence-electron chi connectivity index (χ4n) is 3.26. The Balaban J connectivity index is 2.38. The molecule has 0 saturated heterocycles. The van der Waals surface area contributed by atoms with Gasteiger partial charge in [0, 0.05) is 12.5 Å². The van der Waals surface area contributed by atoms with Crippen LogP contribution in [0.2, 0.25) is 0 Å². The van der Waals surface area contributed by atoms with E-state index < -0.39 is 5.97 Å². The lowest BCUT2D eigenvalue weighted by Gasteiger charge is -2.15. The van der Waals surface area contributed by atoms with Gasteiger partial charge in [-0.2, -0.15) is 0 Å². The number of ketones is 1. The van der Waals surface area contributed by atoms with Crippen molar-refractivity contribution in [1.29, 1.82) is 0 Å². The maximum atomic E-state index is 13.0. The molecular weight excluding hydrogens is 416 g/mol. The molecule has 0 fully saturated rings. The summed E-state index contributed by atoms with van der Waals surface area (Å²) in [5.41, 5.74) is 4.18. The molecule has 0 saturated carbocycles. The zero-order chi connectivity index (χ0) is 24.4. The summed E-state index contributed by atoms with van der Waals surface area (Å²) in [4.78, 5) is 24.8. The molecule has 2 aromatic rings. The number of carbonyl (C=O) groups is 2. The van der Waals surface area contributed by atoms with Gasteiger partial charge in [-0.3, -0.25) is 9.59 Å². The number of methoxy groups -OCH3 is 1. The second kappa shape index (κ2) is 12.4. The van der Waals surface area contributed by atoms with Crippen molar-refractivity contribution in [3.8, 4) is 17.2 Å². The van der Waals surface area contributed by atoms with Crippen molar-refractivity contribution in [3.63, 3.8) is 0 Å². The highest BCUT2D eigenvalue weighted by molar-refractivity contribution is 6.09. The summed E-state index contributed by atoms with van der Waals surface area (Å²) in [6, 6.07) is 9.83. The van der Waals surface area contributed by atoms with Gasteiger partial charge in [0.15, 0.2) is 5.78 Å². The van der Waals surface area contributed by atoms with Gasteiger partial charge >= 0.3 is 5.97 Å². The number of allylic oxidation sites excluding steroid dienone is 5. The molecule has 0 aromatic heterocycles. The summed E-state index contributed by atoms with van der Waals surface area (Å²) in [7, 11) is 1.55. The molecule has 2 aromatic carbocycles. The average molecular weight is 449 g/mol. The molecular formula is C28H32O5. The zero-order valence-electron chi connectivity index (χ0n) is 20.0. The number of hydrogen-bond acceptors (Lipinski definition) is 5. The Morgan fingerprint density at radius 1 is 0.970 bits per heavy atom. The van der Waals surface area contributed by atoms with Gasteiger partial charge in [0.1, 0.15) is 17.2 Å². The van der Waals surface area contributed by atoms with Crippen molar-refractivity contribution in [2.24, 2.45) is 0 Å². The second-order valence-electron chi connectivity index (χ2n) is 8.08. The van der Waals surface area contributed by atoms with Gasteiger partial charge in [0.2, 0.25) is 0 Å². The Bertz CT molecular complexity index is 1070. The van der Waals surface area contributed by atoms with Gasteiger partial charge in [-0.1, -0.05) is 41.5 Å². The molecule has 5 nitrogen and oxygen atoms in total. The topological polar surface area (TPSA) is 72.8 Å². The molecule has 0 amide bonds. The molecule has 0 aliphatic carbocycles. The number of hydrogen-bond donors (Lipinski definition) is 1. The summed E-state index contributed by atoms with van der Waals surface area (Å²) in [6.45, 7) is 7.53. The highest BCUT2D eigenvalue weighted by Gasteiger charge is 2.20. The highest BCUT2D eigenvalue weighted by Crippen LogP contribution is 2.34. The lowest BCUT2D eigenvalue weighted by molar-refractivity contribution is -0.131. The number of aromatic hydroxyl groups is 1. The molecule has 0 atom stereocenters. The number of rotatable bonds is 10. The van der Waals surface area contributed by atoms with Gasteiger partial charge in [-0.25, -0.2) is 0 Å². The molecule has 1 N–H and O–H groups in total. The third-order valence-corrected chi connectivity index (χ3v) is 5.01. The first-order valence-electron chi connectivity index (χ1n) is 10.9. The Morgan fingerprint density at radius 3 is 2.27 bits per heavy atom.